The van der Waals surface area contributed by atoms with Crippen molar-refractivity contribution in [1.82, 2.24) is 19.5 Å². The van der Waals surface area contributed by atoms with E-state index in [4.69, 9.17) is 5.73 Å². The predicted octanol–water partition coefficient (Wildman–Crippen LogP) is 1.24. The molecule has 1 saturated heterocycles. The fourth-order valence-electron chi connectivity index (χ4n) is 4.15. The number of hydrogen-bond donors (Lipinski definition) is 3. The summed E-state index contributed by atoms with van der Waals surface area (Å²) in [5.74, 6) is -1.02. The third-order valence-corrected chi connectivity index (χ3v) is 7.80. The van der Waals surface area contributed by atoms with Gasteiger partial charge in [-0.1, -0.05) is 0 Å². The van der Waals surface area contributed by atoms with Crippen LogP contribution in [-0.4, -0.2) is 67.6 Å². The molecule has 1 fully saturated rings. The first-order valence-electron chi connectivity index (χ1n) is 9.86. The number of benzene rings is 2. The van der Waals surface area contributed by atoms with Crippen molar-refractivity contribution in [2.24, 2.45) is 0 Å². The SMILES string of the molecule is CN1CCN(S(=O)(=O)c2ccc3[nH]c(-c4ccc(N)c5c4C(=O)NC5=O)cc3c2)CC1. The Morgan fingerprint density at radius 2 is 1.65 bits per heavy atom. The molecule has 2 aliphatic heterocycles. The number of carbonyl (C=O) groups is 2. The minimum atomic E-state index is -3.60. The molecule has 4 N–H and O–H groups in total. The number of nitrogens with zero attached hydrogens (tertiary/aromatic N) is 2. The lowest BCUT2D eigenvalue weighted by atomic mass is 9.99. The fraction of sp³-hybridized carbons (Fsp3) is 0.238. The average Bonchev–Trinajstić information content (AvgIpc) is 3.29. The largest absolute Gasteiger partial charge is 0.398 e. The fourth-order valence-corrected chi connectivity index (χ4v) is 5.60. The Bertz CT molecular complexity index is 1350. The molecule has 2 aliphatic rings. The molecule has 160 valence electrons. The van der Waals surface area contributed by atoms with E-state index < -0.39 is 21.8 Å². The number of hydrogen-bond acceptors (Lipinski definition) is 6. The molecule has 0 unspecified atom stereocenters. The van der Waals surface area contributed by atoms with Gasteiger partial charge in [0.2, 0.25) is 10.0 Å². The van der Waals surface area contributed by atoms with Crippen molar-refractivity contribution < 1.29 is 18.0 Å². The van der Waals surface area contributed by atoms with Gasteiger partial charge in [0.25, 0.3) is 11.8 Å². The van der Waals surface area contributed by atoms with Crippen molar-refractivity contribution in [3.63, 3.8) is 0 Å². The quantitative estimate of drug-likeness (QED) is 0.416. The third-order valence-electron chi connectivity index (χ3n) is 5.90. The van der Waals surface area contributed by atoms with Gasteiger partial charge in [-0.15, -0.1) is 0 Å². The van der Waals surface area contributed by atoms with Gasteiger partial charge in [-0.05, 0) is 43.4 Å². The van der Waals surface area contributed by atoms with Crippen molar-refractivity contribution in [2.45, 2.75) is 4.90 Å². The van der Waals surface area contributed by atoms with Crippen LogP contribution in [0.5, 0.6) is 0 Å². The van der Waals surface area contributed by atoms with Gasteiger partial charge in [0.05, 0.1) is 16.0 Å². The topological polar surface area (TPSA) is 129 Å². The Morgan fingerprint density at radius 3 is 2.39 bits per heavy atom. The van der Waals surface area contributed by atoms with E-state index in [9.17, 15) is 18.0 Å². The number of likely N-dealkylation sites (N-methyl/N-ethyl adjacent to an activating group) is 1. The van der Waals surface area contributed by atoms with Gasteiger partial charge in [-0.2, -0.15) is 4.31 Å². The summed E-state index contributed by atoms with van der Waals surface area (Å²) < 4.78 is 27.7. The zero-order valence-corrected chi connectivity index (χ0v) is 17.6. The maximum Gasteiger partial charge on any atom is 0.261 e. The zero-order valence-electron chi connectivity index (χ0n) is 16.8. The molecule has 2 aromatic carbocycles. The molecule has 2 amide bonds. The minimum Gasteiger partial charge on any atom is -0.398 e. The molecule has 0 atom stereocenters. The van der Waals surface area contributed by atoms with Crippen LogP contribution in [0.3, 0.4) is 0 Å². The molecule has 3 aromatic rings. The highest BCUT2D eigenvalue weighted by Gasteiger charge is 2.32. The summed E-state index contributed by atoms with van der Waals surface area (Å²) >= 11 is 0. The number of anilines is 1. The Balaban J connectivity index is 1.56. The number of rotatable bonds is 3. The van der Waals surface area contributed by atoms with E-state index in [1.165, 1.54) is 4.31 Å². The number of H-pyrrole nitrogens is 1. The first-order valence-corrected chi connectivity index (χ1v) is 11.3. The van der Waals surface area contributed by atoms with Crippen molar-refractivity contribution in [3.8, 4) is 11.3 Å². The second-order valence-corrected chi connectivity index (χ2v) is 9.81. The molecular weight excluding hydrogens is 418 g/mol. The number of piperazine rings is 1. The summed E-state index contributed by atoms with van der Waals surface area (Å²) in [6.45, 7) is 2.30. The average molecular weight is 439 g/mol. The van der Waals surface area contributed by atoms with Crippen LogP contribution in [0, 0.1) is 0 Å². The Kier molecular flexibility index (Phi) is 4.40. The number of amides is 2. The molecule has 1 aromatic heterocycles. The third kappa shape index (κ3) is 3.11. The smallest absolute Gasteiger partial charge is 0.261 e. The molecule has 0 spiro atoms. The molecule has 9 nitrogen and oxygen atoms in total. The highest BCUT2D eigenvalue weighted by Crippen LogP contribution is 2.34. The van der Waals surface area contributed by atoms with Crippen molar-refractivity contribution >= 4 is 38.4 Å². The van der Waals surface area contributed by atoms with E-state index in [0.717, 1.165) is 5.52 Å². The number of sulfonamides is 1. The maximum atomic E-state index is 13.1. The highest BCUT2D eigenvalue weighted by molar-refractivity contribution is 7.89. The van der Waals surface area contributed by atoms with Gasteiger partial charge < -0.3 is 15.6 Å². The summed E-state index contributed by atoms with van der Waals surface area (Å²) in [5.41, 5.74) is 8.38. The summed E-state index contributed by atoms with van der Waals surface area (Å²) in [6.07, 6.45) is 0. The number of nitrogen functional groups attached to an aromatic ring is 1. The minimum absolute atomic E-state index is 0.166. The number of aromatic nitrogens is 1. The van der Waals surface area contributed by atoms with Gasteiger partial charge >= 0.3 is 0 Å². The second kappa shape index (κ2) is 6.91. The monoisotopic (exact) mass is 439 g/mol. The number of aromatic amines is 1. The number of carbonyl (C=O) groups excluding carboxylic acids is 2. The van der Waals surface area contributed by atoms with E-state index in [-0.39, 0.29) is 21.7 Å². The number of imide groups is 1. The van der Waals surface area contributed by atoms with E-state index in [1.54, 1.807) is 36.4 Å². The lowest BCUT2D eigenvalue weighted by Gasteiger charge is -2.31. The van der Waals surface area contributed by atoms with Crippen molar-refractivity contribution in [3.05, 3.63) is 47.5 Å². The van der Waals surface area contributed by atoms with Gasteiger partial charge in [-0.3, -0.25) is 14.9 Å². The van der Waals surface area contributed by atoms with Gasteiger partial charge in [0, 0.05) is 54.0 Å². The maximum absolute atomic E-state index is 13.1. The molecule has 0 radical (unpaired) electrons. The van der Waals surface area contributed by atoms with Crippen LogP contribution in [0.25, 0.3) is 22.2 Å². The van der Waals surface area contributed by atoms with E-state index >= 15 is 0 Å². The van der Waals surface area contributed by atoms with E-state index in [2.05, 4.69) is 15.2 Å². The summed E-state index contributed by atoms with van der Waals surface area (Å²) in [6, 6.07) is 9.97. The Hall–Kier alpha value is -3.21. The Labute approximate surface area is 178 Å². The first kappa shape index (κ1) is 19.7. The normalized spacial score (nSPS) is 17.8. The van der Waals surface area contributed by atoms with E-state index in [0.29, 0.717) is 42.8 Å². The van der Waals surface area contributed by atoms with Crippen LogP contribution in [-0.2, 0) is 10.0 Å². The molecule has 0 bridgehead atoms. The van der Waals surface area contributed by atoms with Crippen molar-refractivity contribution in [2.75, 3.05) is 39.0 Å². The highest BCUT2D eigenvalue weighted by atomic mass is 32.2. The van der Waals surface area contributed by atoms with Crippen molar-refractivity contribution in [1.29, 1.82) is 0 Å². The molecule has 0 aliphatic carbocycles. The molecule has 31 heavy (non-hydrogen) atoms. The molecule has 10 heteroatoms. The van der Waals surface area contributed by atoms with Crippen LogP contribution in [0.4, 0.5) is 5.69 Å². The standard InChI is InChI=1S/C21H21N5O4S/c1-25-6-8-26(9-7-25)31(29,30)13-2-5-16-12(10-13)11-17(23-16)14-3-4-15(22)19-18(14)20(27)24-21(19)28/h2-5,10-11,23H,6-9,22H2,1H3,(H,24,27,28). The van der Waals surface area contributed by atoms with Gasteiger partial charge in [-0.25, -0.2) is 8.42 Å². The van der Waals surface area contributed by atoms with Gasteiger partial charge in [0.15, 0.2) is 0 Å². The lowest BCUT2D eigenvalue weighted by molar-refractivity contribution is 0.0880. The number of nitrogens with two attached hydrogens (primary N) is 1. The molecular formula is C21H21N5O4S. The number of nitrogens with one attached hydrogen (secondary N) is 2. The van der Waals surface area contributed by atoms with Crippen LogP contribution in [0.15, 0.2) is 41.3 Å². The second-order valence-electron chi connectivity index (χ2n) is 7.88. The predicted molar refractivity (Wildman–Crippen MR) is 116 cm³/mol. The van der Waals surface area contributed by atoms with Crippen LogP contribution in [0.1, 0.15) is 20.7 Å². The number of fused-ring (bicyclic) bond motifs is 2. The lowest BCUT2D eigenvalue weighted by Crippen LogP contribution is -2.46. The summed E-state index contributed by atoms with van der Waals surface area (Å²) in [5, 5.41) is 2.97. The van der Waals surface area contributed by atoms with Crippen LogP contribution >= 0.6 is 0 Å². The van der Waals surface area contributed by atoms with E-state index in [1.807, 2.05) is 7.05 Å². The Morgan fingerprint density at radius 1 is 0.935 bits per heavy atom. The van der Waals surface area contributed by atoms with Crippen LogP contribution in [0.2, 0.25) is 0 Å². The van der Waals surface area contributed by atoms with Crippen LogP contribution < -0.4 is 11.1 Å². The molecule has 5 rings (SSSR count). The summed E-state index contributed by atoms with van der Waals surface area (Å²) in [4.78, 5) is 30.0. The zero-order chi connectivity index (χ0) is 21.9. The van der Waals surface area contributed by atoms with Gasteiger partial charge in [0.1, 0.15) is 0 Å². The molecule has 0 saturated carbocycles. The molecule has 3 heterocycles. The first-order chi connectivity index (χ1) is 14.8. The summed E-state index contributed by atoms with van der Waals surface area (Å²) in [7, 11) is -1.62.